The molecule has 0 fully saturated rings. The highest BCUT2D eigenvalue weighted by Gasteiger charge is 2.04. The van der Waals surface area contributed by atoms with Crippen molar-refractivity contribution in [2.24, 2.45) is 0 Å². The molecule has 0 saturated carbocycles. The van der Waals surface area contributed by atoms with E-state index in [0.29, 0.717) is 11.6 Å². The number of rotatable bonds is 4. The van der Waals surface area contributed by atoms with Gasteiger partial charge in [-0.3, -0.25) is 0 Å². The molecule has 0 aliphatic heterocycles. The fourth-order valence-electron chi connectivity index (χ4n) is 1.44. The van der Waals surface area contributed by atoms with Crippen LogP contribution in [0.2, 0.25) is 5.02 Å². The van der Waals surface area contributed by atoms with E-state index in [1.807, 2.05) is 11.4 Å². The van der Waals surface area contributed by atoms with Gasteiger partial charge in [-0.1, -0.05) is 11.6 Å². The van der Waals surface area contributed by atoms with Crippen LogP contribution in [-0.4, -0.2) is 0 Å². The molecule has 1 heterocycles. The molecule has 2 rings (SSSR count). The molecule has 0 aliphatic carbocycles. The molecule has 1 nitrogen and oxygen atoms in total. The summed E-state index contributed by atoms with van der Waals surface area (Å²) in [4.78, 5) is 1.22. The third-order valence-corrected chi connectivity index (χ3v) is 4.59. The zero-order chi connectivity index (χ0) is 12.3. The van der Waals surface area contributed by atoms with Gasteiger partial charge < -0.3 is 5.32 Å². The third kappa shape index (κ3) is 3.52. The van der Waals surface area contributed by atoms with E-state index in [1.54, 1.807) is 17.4 Å². The minimum absolute atomic E-state index is 0.261. The maximum atomic E-state index is 13.0. The molecule has 1 aromatic carbocycles. The second-order valence-corrected chi connectivity index (χ2v) is 5.79. The fourth-order valence-corrected chi connectivity index (χ4v) is 3.09. The monoisotopic (exact) mass is 333 g/mol. The van der Waals surface area contributed by atoms with Crippen LogP contribution in [0.15, 0.2) is 34.1 Å². The Labute approximate surface area is 117 Å². The van der Waals surface area contributed by atoms with Crippen LogP contribution in [-0.2, 0) is 13.1 Å². The van der Waals surface area contributed by atoms with Crippen molar-refractivity contribution in [1.82, 2.24) is 5.32 Å². The summed E-state index contributed by atoms with van der Waals surface area (Å²) in [6.45, 7) is 1.30. The second-order valence-electron chi connectivity index (χ2n) is 3.53. The second kappa shape index (κ2) is 5.96. The lowest BCUT2D eigenvalue weighted by atomic mass is 10.2. The first-order valence-electron chi connectivity index (χ1n) is 5.03. The molecule has 0 amide bonds. The topological polar surface area (TPSA) is 12.0 Å². The van der Waals surface area contributed by atoms with Gasteiger partial charge in [0.15, 0.2) is 0 Å². The first-order valence-corrected chi connectivity index (χ1v) is 7.08. The molecule has 0 unspecified atom stereocenters. The van der Waals surface area contributed by atoms with Gasteiger partial charge in [0, 0.05) is 27.5 Å². The molecule has 1 aromatic heterocycles. The lowest BCUT2D eigenvalue weighted by Crippen LogP contribution is -2.12. The molecule has 2 aromatic rings. The smallest absolute Gasteiger partial charge is 0.123 e. The third-order valence-electron chi connectivity index (χ3n) is 2.30. The van der Waals surface area contributed by atoms with Crippen molar-refractivity contribution >= 4 is 38.9 Å². The summed E-state index contributed by atoms with van der Waals surface area (Å²) in [5, 5.41) is 5.85. The van der Waals surface area contributed by atoms with E-state index < -0.39 is 0 Å². The minimum atomic E-state index is -0.261. The minimum Gasteiger partial charge on any atom is -0.308 e. The van der Waals surface area contributed by atoms with Crippen LogP contribution in [0, 0.1) is 5.82 Å². The Morgan fingerprint density at radius 1 is 1.29 bits per heavy atom. The Balaban J connectivity index is 1.94. The van der Waals surface area contributed by atoms with E-state index in [4.69, 9.17) is 11.6 Å². The first kappa shape index (κ1) is 13.0. The fraction of sp³-hybridized carbons (Fsp3) is 0.167. The van der Waals surface area contributed by atoms with E-state index in [2.05, 4.69) is 21.2 Å². The van der Waals surface area contributed by atoms with Crippen LogP contribution < -0.4 is 5.32 Å². The first-order chi connectivity index (χ1) is 8.16. The van der Waals surface area contributed by atoms with Crippen molar-refractivity contribution in [3.8, 4) is 0 Å². The molecule has 5 heteroatoms. The molecule has 1 N–H and O–H groups in total. The van der Waals surface area contributed by atoms with Crippen LogP contribution in [0.1, 0.15) is 10.4 Å². The molecule has 0 saturated heterocycles. The quantitative estimate of drug-likeness (QED) is 0.862. The zero-order valence-electron chi connectivity index (χ0n) is 8.84. The van der Waals surface area contributed by atoms with Gasteiger partial charge in [-0.05, 0) is 51.1 Å². The summed E-state index contributed by atoms with van der Waals surface area (Å²) in [5.74, 6) is -0.261. The van der Waals surface area contributed by atoms with Gasteiger partial charge in [0.05, 0.1) is 0 Å². The lowest BCUT2D eigenvalue weighted by molar-refractivity contribution is 0.620. The zero-order valence-corrected chi connectivity index (χ0v) is 12.0. The van der Waals surface area contributed by atoms with Crippen LogP contribution in [0.25, 0.3) is 0 Å². The van der Waals surface area contributed by atoms with Crippen molar-refractivity contribution in [2.45, 2.75) is 13.1 Å². The van der Waals surface area contributed by atoms with E-state index >= 15 is 0 Å². The van der Waals surface area contributed by atoms with Crippen LogP contribution >= 0.6 is 38.9 Å². The van der Waals surface area contributed by atoms with Crippen LogP contribution in [0.4, 0.5) is 4.39 Å². The van der Waals surface area contributed by atoms with Crippen molar-refractivity contribution in [2.75, 3.05) is 0 Å². The average Bonchev–Trinajstić information content (AvgIpc) is 2.70. The average molecular weight is 335 g/mol. The highest BCUT2D eigenvalue weighted by Crippen LogP contribution is 2.22. The molecular formula is C12H10BrClFNS. The van der Waals surface area contributed by atoms with Gasteiger partial charge >= 0.3 is 0 Å². The Bertz CT molecular complexity index is 515. The Morgan fingerprint density at radius 3 is 2.82 bits per heavy atom. The molecule has 90 valence electrons. The molecule has 0 radical (unpaired) electrons. The van der Waals surface area contributed by atoms with E-state index in [9.17, 15) is 4.39 Å². The van der Waals surface area contributed by atoms with Gasteiger partial charge in [0.25, 0.3) is 0 Å². The van der Waals surface area contributed by atoms with Crippen molar-refractivity contribution in [3.63, 3.8) is 0 Å². The largest absolute Gasteiger partial charge is 0.308 e. The molecule has 0 aliphatic rings. The lowest BCUT2D eigenvalue weighted by Gasteiger charge is -2.06. The SMILES string of the molecule is Fc1ccc(Cl)c(CNCc2sccc2Br)c1. The summed E-state index contributed by atoms with van der Waals surface area (Å²) in [7, 11) is 0. The molecule has 0 bridgehead atoms. The van der Waals surface area contributed by atoms with E-state index in [1.165, 1.54) is 17.0 Å². The maximum absolute atomic E-state index is 13.0. The van der Waals surface area contributed by atoms with E-state index in [0.717, 1.165) is 16.6 Å². The van der Waals surface area contributed by atoms with Gasteiger partial charge in [0.1, 0.15) is 5.82 Å². The number of hydrogen-bond donors (Lipinski definition) is 1. The molecule has 17 heavy (non-hydrogen) atoms. The van der Waals surface area contributed by atoms with Crippen molar-refractivity contribution < 1.29 is 4.39 Å². The number of halogens is 3. The summed E-state index contributed by atoms with van der Waals surface area (Å²) < 4.78 is 14.1. The molecular weight excluding hydrogens is 325 g/mol. The Kier molecular flexibility index (Phi) is 4.56. The van der Waals surface area contributed by atoms with Gasteiger partial charge in [-0.25, -0.2) is 4.39 Å². The number of benzene rings is 1. The normalized spacial score (nSPS) is 10.8. The Hall–Kier alpha value is -0.420. The van der Waals surface area contributed by atoms with Gasteiger partial charge in [0.2, 0.25) is 0 Å². The molecule has 0 spiro atoms. The van der Waals surface area contributed by atoms with Crippen LogP contribution in [0.5, 0.6) is 0 Å². The summed E-state index contributed by atoms with van der Waals surface area (Å²) in [6.07, 6.45) is 0. The summed E-state index contributed by atoms with van der Waals surface area (Å²) >= 11 is 11.1. The summed E-state index contributed by atoms with van der Waals surface area (Å²) in [6, 6.07) is 6.41. The summed E-state index contributed by atoms with van der Waals surface area (Å²) in [5.41, 5.74) is 0.777. The number of nitrogens with one attached hydrogen (secondary N) is 1. The number of thiophene rings is 1. The molecule has 0 atom stereocenters. The Morgan fingerprint density at radius 2 is 2.12 bits per heavy atom. The van der Waals surface area contributed by atoms with Gasteiger partial charge in [-0.15, -0.1) is 11.3 Å². The van der Waals surface area contributed by atoms with Crippen molar-refractivity contribution in [3.05, 3.63) is 55.4 Å². The maximum Gasteiger partial charge on any atom is 0.123 e. The predicted octanol–water partition coefficient (Wildman–Crippen LogP) is 4.59. The number of hydrogen-bond acceptors (Lipinski definition) is 2. The van der Waals surface area contributed by atoms with Gasteiger partial charge in [-0.2, -0.15) is 0 Å². The van der Waals surface area contributed by atoms with E-state index in [-0.39, 0.29) is 5.82 Å². The predicted molar refractivity (Wildman–Crippen MR) is 74.0 cm³/mol. The highest BCUT2D eigenvalue weighted by molar-refractivity contribution is 9.10. The standard InChI is InChI=1S/C12H10BrClFNS/c13-10-3-4-17-12(10)7-16-6-8-5-9(15)1-2-11(8)14/h1-5,16H,6-7H2. The highest BCUT2D eigenvalue weighted by atomic mass is 79.9. The van der Waals surface area contributed by atoms with Crippen LogP contribution in [0.3, 0.4) is 0 Å². The van der Waals surface area contributed by atoms with Crippen molar-refractivity contribution in [1.29, 1.82) is 0 Å².